The summed E-state index contributed by atoms with van der Waals surface area (Å²) in [6.45, 7) is 1.98. The Balaban J connectivity index is 1.85. The maximum absolute atomic E-state index is 9.53. The first-order chi connectivity index (χ1) is 5.27. The SMILES string of the molecule is NC1CN(C2CCCC2O)C1. The highest BCUT2D eigenvalue weighted by molar-refractivity contribution is 4.93. The summed E-state index contributed by atoms with van der Waals surface area (Å²) in [5.41, 5.74) is 5.66. The molecule has 3 nitrogen and oxygen atoms in total. The summed E-state index contributed by atoms with van der Waals surface area (Å²) < 4.78 is 0. The topological polar surface area (TPSA) is 49.5 Å². The van der Waals surface area contributed by atoms with E-state index in [1.54, 1.807) is 0 Å². The minimum absolute atomic E-state index is 0.0810. The first-order valence-electron chi connectivity index (χ1n) is 4.45. The van der Waals surface area contributed by atoms with Gasteiger partial charge >= 0.3 is 0 Å². The van der Waals surface area contributed by atoms with Gasteiger partial charge in [0.05, 0.1) is 6.10 Å². The molecule has 1 aliphatic heterocycles. The van der Waals surface area contributed by atoms with Gasteiger partial charge < -0.3 is 10.8 Å². The Bertz CT molecular complexity index is 145. The van der Waals surface area contributed by atoms with E-state index in [4.69, 9.17) is 5.73 Å². The van der Waals surface area contributed by atoms with Crippen molar-refractivity contribution >= 4 is 0 Å². The van der Waals surface area contributed by atoms with Crippen molar-refractivity contribution in [1.29, 1.82) is 0 Å². The summed E-state index contributed by atoms with van der Waals surface area (Å²) in [5.74, 6) is 0. The van der Waals surface area contributed by atoms with Crippen molar-refractivity contribution in [1.82, 2.24) is 4.90 Å². The Kier molecular flexibility index (Phi) is 1.87. The van der Waals surface area contributed by atoms with Gasteiger partial charge in [-0.3, -0.25) is 4.90 Å². The summed E-state index contributed by atoms with van der Waals surface area (Å²) in [7, 11) is 0. The lowest BCUT2D eigenvalue weighted by atomic mass is 10.0. The molecule has 0 amide bonds. The van der Waals surface area contributed by atoms with Crippen molar-refractivity contribution in [3.05, 3.63) is 0 Å². The van der Waals surface area contributed by atoms with Gasteiger partial charge in [-0.1, -0.05) is 0 Å². The number of likely N-dealkylation sites (tertiary alicyclic amines) is 1. The van der Waals surface area contributed by atoms with Gasteiger partial charge in [-0.25, -0.2) is 0 Å². The minimum atomic E-state index is -0.0810. The second kappa shape index (κ2) is 2.73. The van der Waals surface area contributed by atoms with Crippen LogP contribution in [0, 0.1) is 0 Å². The van der Waals surface area contributed by atoms with Crippen LogP contribution >= 0.6 is 0 Å². The molecule has 2 atom stereocenters. The largest absolute Gasteiger partial charge is 0.391 e. The maximum Gasteiger partial charge on any atom is 0.0695 e. The monoisotopic (exact) mass is 156 g/mol. The average molecular weight is 156 g/mol. The van der Waals surface area contributed by atoms with E-state index in [1.165, 1.54) is 6.42 Å². The lowest BCUT2D eigenvalue weighted by molar-refractivity contribution is 0.0231. The molecule has 1 aliphatic carbocycles. The van der Waals surface area contributed by atoms with Gasteiger partial charge in [-0.15, -0.1) is 0 Å². The van der Waals surface area contributed by atoms with Crippen molar-refractivity contribution in [2.45, 2.75) is 37.5 Å². The third-order valence-corrected chi connectivity index (χ3v) is 2.85. The third kappa shape index (κ3) is 1.28. The molecule has 0 bridgehead atoms. The van der Waals surface area contributed by atoms with Crippen molar-refractivity contribution in [3.63, 3.8) is 0 Å². The fourth-order valence-corrected chi connectivity index (χ4v) is 2.17. The predicted octanol–water partition coefficient (Wildman–Crippen LogP) is -0.457. The fraction of sp³-hybridized carbons (Fsp3) is 1.00. The number of nitrogens with two attached hydrogens (primary N) is 1. The van der Waals surface area contributed by atoms with Gasteiger partial charge in [0.1, 0.15) is 0 Å². The van der Waals surface area contributed by atoms with E-state index >= 15 is 0 Å². The molecular weight excluding hydrogens is 140 g/mol. The van der Waals surface area contributed by atoms with E-state index in [9.17, 15) is 5.11 Å². The molecule has 0 aromatic heterocycles. The zero-order chi connectivity index (χ0) is 7.84. The highest BCUT2D eigenvalue weighted by Crippen LogP contribution is 2.26. The fourth-order valence-electron chi connectivity index (χ4n) is 2.17. The van der Waals surface area contributed by atoms with Gasteiger partial charge in [0.25, 0.3) is 0 Å². The second-order valence-electron chi connectivity index (χ2n) is 3.78. The Hall–Kier alpha value is -0.120. The van der Waals surface area contributed by atoms with E-state index in [-0.39, 0.29) is 6.10 Å². The molecule has 1 heterocycles. The average Bonchev–Trinajstić information content (AvgIpc) is 2.29. The lowest BCUT2D eigenvalue weighted by Gasteiger charge is -2.42. The lowest BCUT2D eigenvalue weighted by Crippen LogP contribution is -2.60. The van der Waals surface area contributed by atoms with E-state index in [2.05, 4.69) is 4.90 Å². The van der Waals surface area contributed by atoms with Crippen LogP contribution in [-0.4, -0.2) is 41.3 Å². The van der Waals surface area contributed by atoms with Gasteiger partial charge in [0.15, 0.2) is 0 Å². The highest BCUT2D eigenvalue weighted by atomic mass is 16.3. The Morgan fingerprint density at radius 3 is 2.45 bits per heavy atom. The van der Waals surface area contributed by atoms with Crippen LogP contribution in [0.5, 0.6) is 0 Å². The van der Waals surface area contributed by atoms with E-state index in [0.717, 1.165) is 25.9 Å². The molecule has 64 valence electrons. The van der Waals surface area contributed by atoms with Crippen LogP contribution in [0.25, 0.3) is 0 Å². The van der Waals surface area contributed by atoms with Crippen LogP contribution < -0.4 is 5.73 Å². The van der Waals surface area contributed by atoms with Gasteiger partial charge in [0, 0.05) is 25.2 Å². The molecule has 3 N–H and O–H groups in total. The molecule has 2 unspecified atom stereocenters. The summed E-state index contributed by atoms with van der Waals surface area (Å²) >= 11 is 0. The van der Waals surface area contributed by atoms with Gasteiger partial charge in [-0.2, -0.15) is 0 Å². The molecule has 11 heavy (non-hydrogen) atoms. The van der Waals surface area contributed by atoms with Crippen molar-refractivity contribution in [2.75, 3.05) is 13.1 Å². The predicted molar refractivity (Wildman–Crippen MR) is 43.2 cm³/mol. The number of nitrogens with zero attached hydrogens (tertiary/aromatic N) is 1. The van der Waals surface area contributed by atoms with Crippen LogP contribution in [-0.2, 0) is 0 Å². The summed E-state index contributed by atoms with van der Waals surface area (Å²) in [6, 6.07) is 0.789. The Labute approximate surface area is 67.2 Å². The first kappa shape index (κ1) is 7.53. The second-order valence-corrected chi connectivity index (χ2v) is 3.78. The smallest absolute Gasteiger partial charge is 0.0695 e. The molecule has 2 fully saturated rings. The molecule has 1 saturated carbocycles. The summed E-state index contributed by atoms with van der Waals surface area (Å²) in [4.78, 5) is 2.31. The maximum atomic E-state index is 9.53. The molecule has 0 spiro atoms. The number of hydrogen-bond acceptors (Lipinski definition) is 3. The molecule has 2 rings (SSSR count). The van der Waals surface area contributed by atoms with Crippen molar-refractivity contribution < 1.29 is 5.11 Å². The van der Waals surface area contributed by atoms with Crippen molar-refractivity contribution in [3.8, 4) is 0 Å². The number of hydrogen-bond donors (Lipinski definition) is 2. The Morgan fingerprint density at radius 1 is 1.27 bits per heavy atom. The van der Waals surface area contributed by atoms with Gasteiger partial charge in [-0.05, 0) is 19.3 Å². The highest BCUT2D eigenvalue weighted by Gasteiger charge is 2.36. The van der Waals surface area contributed by atoms with Crippen molar-refractivity contribution in [2.24, 2.45) is 5.73 Å². The summed E-state index contributed by atoms with van der Waals surface area (Å²) in [5, 5.41) is 9.53. The number of aliphatic hydroxyl groups excluding tert-OH is 1. The third-order valence-electron chi connectivity index (χ3n) is 2.85. The Morgan fingerprint density at radius 2 is 2.00 bits per heavy atom. The molecule has 0 aromatic rings. The number of rotatable bonds is 1. The minimum Gasteiger partial charge on any atom is -0.391 e. The summed E-state index contributed by atoms with van der Waals surface area (Å²) in [6.07, 6.45) is 3.24. The number of aliphatic hydroxyl groups is 1. The van der Waals surface area contributed by atoms with Crippen LogP contribution in [0.4, 0.5) is 0 Å². The van der Waals surface area contributed by atoms with E-state index < -0.39 is 0 Å². The van der Waals surface area contributed by atoms with Crippen LogP contribution in [0.3, 0.4) is 0 Å². The van der Waals surface area contributed by atoms with Crippen LogP contribution in [0.15, 0.2) is 0 Å². The van der Waals surface area contributed by atoms with Gasteiger partial charge in [0.2, 0.25) is 0 Å². The molecule has 2 aliphatic rings. The molecule has 1 saturated heterocycles. The van der Waals surface area contributed by atoms with E-state index in [0.29, 0.717) is 12.1 Å². The molecular formula is C8H16N2O. The molecule has 3 heteroatoms. The first-order valence-corrected chi connectivity index (χ1v) is 4.45. The molecule has 0 radical (unpaired) electrons. The standard InChI is InChI=1S/C8H16N2O/c9-6-4-10(5-6)7-2-1-3-8(7)11/h6-8,11H,1-5,9H2. The zero-order valence-corrected chi connectivity index (χ0v) is 6.74. The zero-order valence-electron chi connectivity index (χ0n) is 6.74. The molecule has 0 aromatic carbocycles. The van der Waals surface area contributed by atoms with Crippen LogP contribution in [0.2, 0.25) is 0 Å². The van der Waals surface area contributed by atoms with Crippen LogP contribution in [0.1, 0.15) is 19.3 Å². The normalized spacial score (nSPS) is 40.9. The van der Waals surface area contributed by atoms with E-state index in [1.807, 2.05) is 0 Å². The quantitative estimate of drug-likeness (QED) is 0.540.